The van der Waals surface area contributed by atoms with Gasteiger partial charge in [0.05, 0.1) is 0 Å². The molecular formula is C18H20N4OS. The first-order chi connectivity index (χ1) is 11.6. The average molecular weight is 340 g/mol. The third-order valence-corrected chi connectivity index (χ3v) is 4.47. The monoisotopic (exact) mass is 340 g/mol. The van der Waals surface area contributed by atoms with Crippen molar-refractivity contribution in [3.63, 3.8) is 0 Å². The third-order valence-electron chi connectivity index (χ3n) is 3.83. The van der Waals surface area contributed by atoms with E-state index in [0.29, 0.717) is 23.1 Å². The number of imidazole rings is 1. The van der Waals surface area contributed by atoms with Gasteiger partial charge in [0, 0.05) is 36.1 Å². The topological polar surface area (TPSA) is 60.7 Å². The Morgan fingerprint density at radius 1 is 1.29 bits per heavy atom. The predicted molar refractivity (Wildman–Crippen MR) is 97.2 cm³/mol. The number of hydrogen-bond acceptors (Lipinski definition) is 5. The summed E-state index contributed by atoms with van der Waals surface area (Å²) in [5.41, 5.74) is 3.29. The Hall–Kier alpha value is -2.21. The SMILES string of the molecule is CSc1nc2cc(-c3cccnc3)cnc2n1C(=O)CCC(C)C. The van der Waals surface area contributed by atoms with Crippen LogP contribution in [0.25, 0.3) is 22.3 Å². The molecular weight excluding hydrogens is 320 g/mol. The standard InChI is InChI=1S/C18H20N4OS/c1-12(2)6-7-16(23)22-17-15(21-18(22)24-3)9-14(11-20-17)13-5-4-8-19-10-13/h4-5,8-12H,6-7H2,1-3H3. The summed E-state index contributed by atoms with van der Waals surface area (Å²) in [5, 5.41) is 0.689. The van der Waals surface area contributed by atoms with Crippen LogP contribution in [0, 0.1) is 5.92 Å². The van der Waals surface area contributed by atoms with Crippen LogP contribution in [0.4, 0.5) is 0 Å². The number of fused-ring (bicyclic) bond motifs is 1. The summed E-state index contributed by atoms with van der Waals surface area (Å²) in [7, 11) is 0. The molecule has 3 heterocycles. The molecule has 0 spiro atoms. The third kappa shape index (κ3) is 3.33. The van der Waals surface area contributed by atoms with Gasteiger partial charge in [0.15, 0.2) is 10.8 Å². The molecule has 0 aliphatic heterocycles. The van der Waals surface area contributed by atoms with Crippen molar-refractivity contribution in [1.29, 1.82) is 0 Å². The maximum Gasteiger partial charge on any atom is 0.234 e. The second-order valence-corrected chi connectivity index (χ2v) is 6.84. The molecule has 124 valence electrons. The Labute approximate surface area is 145 Å². The van der Waals surface area contributed by atoms with Crippen molar-refractivity contribution in [3.05, 3.63) is 36.8 Å². The van der Waals surface area contributed by atoms with Crippen LogP contribution in [0.3, 0.4) is 0 Å². The lowest BCUT2D eigenvalue weighted by molar-refractivity contribution is 0.0889. The second-order valence-electron chi connectivity index (χ2n) is 6.07. The zero-order chi connectivity index (χ0) is 17.1. The number of aromatic nitrogens is 4. The molecule has 3 aromatic rings. The highest BCUT2D eigenvalue weighted by Crippen LogP contribution is 2.26. The molecule has 3 rings (SSSR count). The molecule has 5 nitrogen and oxygen atoms in total. The lowest BCUT2D eigenvalue weighted by Gasteiger charge is -2.07. The first kappa shape index (κ1) is 16.6. The first-order valence-corrected chi connectivity index (χ1v) is 9.18. The number of nitrogens with zero attached hydrogens (tertiary/aromatic N) is 4. The lowest BCUT2D eigenvalue weighted by Crippen LogP contribution is -2.13. The highest BCUT2D eigenvalue weighted by atomic mass is 32.2. The quantitative estimate of drug-likeness (QED) is 0.648. The molecule has 0 bridgehead atoms. The Bertz CT molecular complexity index is 858. The summed E-state index contributed by atoms with van der Waals surface area (Å²) in [6, 6.07) is 5.84. The minimum absolute atomic E-state index is 0.0529. The molecule has 0 radical (unpaired) electrons. The Balaban J connectivity index is 2.02. The van der Waals surface area contributed by atoms with Gasteiger partial charge >= 0.3 is 0 Å². The summed E-state index contributed by atoms with van der Waals surface area (Å²) >= 11 is 1.46. The molecule has 0 aromatic carbocycles. The maximum absolute atomic E-state index is 12.6. The van der Waals surface area contributed by atoms with Crippen LogP contribution in [0.1, 0.15) is 31.5 Å². The van der Waals surface area contributed by atoms with Gasteiger partial charge in [-0.15, -0.1) is 0 Å². The van der Waals surface area contributed by atoms with Crippen molar-refractivity contribution >= 4 is 28.8 Å². The Morgan fingerprint density at radius 2 is 2.12 bits per heavy atom. The van der Waals surface area contributed by atoms with Crippen molar-refractivity contribution in [1.82, 2.24) is 19.5 Å². The van der Waals surface area contributed by atoms with Crippen LogP contribution in [0.2, 0.25) is 0 Å². The van der Waals surface area contributed by atoms with Gasteiger partial charge in [-0.2, -0.15) is 0 Å². The van der Waals surface area contributed by atoms with E-state index in [1.807, 2.05) is 24.5 Å². The fourth-order valence-corrected chi connectivity index (χ4v) is 3.08. The fraction of sp³-hybridized carbons (Fsp3) is 0.333. The van der Waals surface area contributed by atoms with Crippen LogP contribution < -0.4 is 0 Å². The summed E-state index contributed by atoms with van der Waals surface area (Å²) in [4.78, 5) is 25.9. The van der Waals surface area contributed by atoms with E-state index in [4.69, 9.17) is 0 Å². The summed E-state index contributed by atoms with van der Waals surface area (Å²) in [5.74, 6) is 0.545. The number of rotatable bonds is 5. The largest absolute Gasteiger partial charge is 0.274 e. The van der Waals surface area contributed by atoms with Gasteiger partial charge in [-0.05, 0) is 30.7 Å². The van der Waals surface area contributed by atoms with Crippen LogP contribution in [0.5, 0.6) is 0 Å². The van der Waals surface area contributed by atoms with Gasteiger partial charge in [-0.3, -0.25) is 9.78 Å². The fourth-order valence-electron chi connectivity index (χ4n) is 2.52. The predicted octanol–water partition coefficient (Wildman–Crippen LogP) is 4.29. The second kappa shape index (κ2) is 7.13. The first-order valence-electron chi connectivity index (χ1n) is 7.96. The summed E-state index contributed by atoms with van der Waals surface area (Å²) in [6.07, 6.45) is 8.60. The smallest absolute Gasteiger partial charge is 0.234 e. The van der Waals surface area contributed by atoms with Crippen LogP contribution >= 0.6 is 11.8 Å². The Morgan fingerprint density at radius 3 is 2.79 bits per heavy atom. The van der Waals surface area contributed by atoms with Gasteiger partial charge in [0.1, 0.15) is 5.52 Å². The van der Waals surface area contributed by atoms with Gasteiger partial charge in [-0.25, -0.2) is 14.5 Å². The molecule has 0 aliphatic carbocycles. The van der Waals surface area contributed by atoms with E-state index < -0.39 is 0 Å². The molecule has 24 heavy (non-hydrogen) atoms. The molecule has 0 saturated carbocycles. The van der Waals surface area contributed by atoms with Crippen LogP contribution in [0.15, 0.2) is 41.9 Å². The average Bonchev–Trinajstić information content (AvgIpc) is 2.98. The number of carbonyl (C=O) groups excluding carboxylic acids is 1. The number of pyridine rings is 2. The van der Waals surface area contributed by atoms with Crippen molar-refractivity contribution < 1.29 is 4.79 Å². The normalized spacial score (nSPS) is 11.3. The van der Waals surface area contributed by atoms with E-state index in [1.165, 1.54) is 11.8 Å². The maximum atomic E-state index is 12.6. The van der Waals surface area contributed by atoms with E-state index in [-0.39, 0.29) is 5.91 Å². The van der Waals surface area contributed by atoms with Crippen molar-refractivity contribution in [2.45, 2.75) is 31.8 Å². The van der Waals surface area contributed by atoms with E-state index >= 15 is 0 Å². The molecule has 0 amide bonds. The van der Waals surface area contributed by atoms with E-state index in [2.05, 4.69) is 28.8 Å². The molecule has 0 aliphatic rings. The Kier molecular flexibility index (Phi) is 4.94. The highest BCUT2D eigenvalue weighted by molar-refractivity contribution is 7.98. The zero-order valence-electron chi connectivity index (χ0n) is 14.1. The van der Waals surface area contributed by atoms with Gasteiger partial charge < -0.3 is 0 Å². The molecule has 6 heteroatoms. The van der Waals surface area contributed by atoms with E-state index in [1.54, 1.807) is 23.2 Å². The van der Waals surface area contributed by atoms with Crippen molar-refractivity contribution in [2.24, 2.45) is 5.92 Å². The molecule has 0 unspecified atom stereocenters. The number of hydrogen-bond donors (Lipinski definition) is 0. The molecule has 0 saturated heterocycles. The summed E-state index contributed by atoms with van der Waals surface area (Å²) < 4.78 is 1.65. The summed E-state index contributed by atoms with van der Waals surface area (Å²) in [6.45, 7) is 4.24. The molecule has 0 fully saturated rings. The van der Waals surface area contributed by atoms with Crippen LogP contribution in [-0.4, -0.2) is 31.7 Å². The van der Waals surface area contributed by atoms with Crippen molar-refractivity contribution in [2.75, 3.05) is 6.26 Å². The zero-order valence-corrected chi connectivity index (χ0v) is 14.9. The van der Waals surface area contributed by atoms with Gasteiger partial charge in [0.25, 0.3) is 0 Å². The van der Waals surface area contributed by atoms with Gasteiger partial charge in [-0.1, -0.05) is 31.7 Å². The van der Waals surface area contributed by atoms with E-state index in [0.717, 1.165) is 23.1 Å². The molecule has 3 aromatic heterocycles. The molecule has 0 N–H and O–H groups in total. The van der Waals surface area contributed by atoms with E-state index in [9.17, 15) is 4.79 Å². The minimum atomic E-state index is 0.0529. The lowest BCUT2D eigenvalue weighted by atomic mass is 10.1. The number of carbonyl (C=O) groups is 1. The van der Waals surface area contributed by atoms with Crippen molar-refractivity contribution in [3.8, 4) is 11.1 Å². The minimum Gasteiger partial charge on any atom is -0.274 e. The van der Waals surface area contributed by atoms with Crippen LogP contribution in [-0.2, 0) is 0 Å². The number of thioether (sulfide) groups is 1. The highest BCUT2D eigenvalue weighted by Gasteiger charge is 2.18. The molecule has 0 atom stereocenters. The van der Waals surface area contributed by atoms with Gasteiger partial charge in [0.2, 0.25) is 5.91 Å².